The van der Waals surface area contributed by atoms with Gasteiger partial charge in [0.2, 0.25) is 0 Å². The lowest BCUT2D eigenvalue weighted by Crippen LogP contribution is -2.05. The summed E-state index contributed by atoms with van der Waals surface area (Å²) in [6, 6.07) is 16.3. The van der Waals surface area contributed by atoms with E-state index in [4.69, 9.17) is 4.74 Å². The molecule has 0 fully saturated rings. The summed E-state index contributed by atoms with van der Waals surface area (Å²) in [5.41, 5.74) is 4.37. The normalized spacial score (nSPS) is 13.3. The molecule has 3 heteroatoms. The van der Waals surface area contributed by atoms with Gasteiger partial charge in [0.1, 0.15) is 12.4 Å². The van der Waals surface area contributed by atoms with Crippen molar-refractivity contribution in [1.29, 1.82) is 0 Å². The zero-order chi connectivity index (χ0) is 18.2. The fraction of sp³-hybridized carbons (Fsp3) is 0.261. The molecule has 3 rings (SSSR count). The Labute approximate surface area is 163 Å². The molecule has 2 aromatic carbocycles. The molecule has 0 atom stereocenters. The number of ketones is 1. The number of ether oxygens (including phenoxy) is 1. The number of carbonyl (C=O) groups excluding carboxylic acids is 1. The molecule has 2 nitrogen and oxygen atoms in total. The number of aryl methyl sites for hydroxylation is 1. The number of halogens is 1. The predicted molar refractivity (Wildman–Crippen MR) is 110 cm³/mol. The largest absolute Gasteiger partial charge is 0.489 e. The summed E-state index contributed by atoms with van der Waals surface area (Å²) in [7, 11) is 0. The Balaban J connectivity index is 1.64. The molecule has 0 radical (unpaired) electrons. The van der Waals surface area contributed by atoms with Crippen LogP contribution in [-0.4, -0.2) is 5.78 Å². The Morgan fingerprint density at radius 2 is 1.88 bits per heavy atom. The zero-order valence-electron chi connectivity index (χ0n) is 14.8. The summed E-state index contributed by atoms with van der Waals surface area (Å²) < 4.78 is 5.93. The third kappa shape index (κ3) is 5.18. The molecule has 0 spiro atoms. The van der Waals surface area contributed by atoms with Crippen LogP contribution in [0.15, 0.2) is 72.3 Å². The summed E-state index contributed by atoms with van der Waals surface area (Å²) in [4.78, 5) is 12.4. The third-order valence-corrected chi connectivity index (χ3v) is 5.11. The van der Waals surface area contributed by atoms with Gasteiger partial charge in [-0.05, 0) is 48.1 Å². The number of allylic oxidation sites excluding steroid dienone is 4. The van der Waals surface area contributed by atoms with Crippen LogP contribution in [0.25, 0.3) is 0 Å². The maximum Gasteiger partial charge on any atom is 0.162 e. The minimum atomic E-state index is 0.220. The first-order valence-electron chi connectivity index (χ1n) is 9.00. The Morgan fingerprint density at radius 3 is 2.62 bits per heavy atom. The van der Waals surface area contributed by atoms with Gasteiger partial charge in [0.15, 0.2) is 5.78 Å². The number of Topliss-reactive ketones (excluding diaryl/α,β-unsaturated/α-hetero) is 1. The molecule has 0 amide bonds. The standard InChI is InChI=1S/C23H23BrO2/c24-16-21-11-13-22(26-17-18-7-3-1-4-8-18)15-20(21)12-14-23(25)19-9-5-2-6-10-19/h1,3-5,7-11,13,15H,2,6,12,14,16-17H2. The van der Waals surface area contributed by atoms with Crippen molar-refractivity contribution in [1.82, 2.24) is 0 Å². The number of carbonyl (C=O) groups is 1. The van der Waals surface area contributed by atoms with E-state index in [1.54, 1.807) is 0 Å². The second-order valence-electron chi connectivity index (χ2n) is 6.40. The summed E-state index contributed by atoms with van der Waals surface area (Å²) >= 11 is 3.54. The molecular weight excluding hydrogens is 388 g/mol. The minimum Gasteiger partial charge on any atom is -0.489 e. The van der Waals surface area contributed by atoms with Crippen molar-refractivity contribution in [2.75, 3.05) is 0 Å². The van der Waals surface area contributed by atoms with Crippen molar-refractivity contribution in [3.63, 3.8) is 0 Å². The Hall–Kier alpha value is -2.13. The Morgan fingerprint density at radius 1 is 1.04 bits per heavy atom. The molecule has 0 aromatic heterocycles. The second-order valence-corrected chi connectivity index (χ2v) is 6.96. The van der Waals surface area contributed by atoms with E-state index in [1.165, 1.54) is 11.1 Å². The number of benzene rings is 2. The van der Waals surface area contributed by atoms with Crippen LogP contribution in [0.4, 0.5) is 0 Å². The Bertz CT molecular complexity index is 806. The zero-order valence-corrected chi connectivity index (χ0v) is 16.4. The van der Waals surface area contributed by atoms with E-state index in [0.717, 1.165) is 41.5 Å². The highest BCUT2D eigenvalue weighted by Crippen LogP contribution is 2.23. The molecule has 2 aromatic rings. The van der Waals surface area contributed by atoms with Gasteiger partial charge in [0.05, 0.1) is 0 Å². The highest BCUT2D eigenvalue weighted by atomic mass is 79.9. The molecule has 0 aliphatic heterocycles. The molecule has 0 saturated carbocycles. The van der Waals surface area contributed by atoms with Gasteiger partial charge in [-0.2, -0.15) is 0 Å². The van der Waals surface area contributed by atoms with Crippen molar-refractivity contribution in [2.45, 2.75) is 37.6 Å². The van der Waals surface area contributed by atoms with E-state index < -0.39 is 0 Å². The number of hydrogen-bond acceptors (Lipinski definition) is 2. The lowest BCUT2D eigenvalue weighted by atomic mass is 9.97. The average molecular weight is 411 g/mol. The molecule has 1 aliphatic rings. The molecular formula is C23H23BrO2. The quantitative estimate of drug-likeness (QED) is 0.503. The number of alkyl halides is 1. The maximum absolute atomic E-state index is 12.4. The van der Waals surface area contributed by atoms with Gasteiger partial charge in [0, 0.05) is 17.3 Å². The first-order chi connectivity index (χ1) is 12.8. The molecule has 1 aliphatic carbocycles. The highest BCUT2D eigenvalue weighted by Gasteiger charge is 2.11. The average Bonchev–Trinajstić information content (AvgIpc) is 2.72. The molecule has 0 bridgehead atoms. The van der Waals surface area contributed by atoms with E-state index in [9.17, 15) is 4.79 Å². The SMILES string of the molecule is O=C(CCc1cc(OCc2ccccc2)ccc1CBr)C1=CCCC=C1. The predicted octanol–water partition coefficient (Wildman–Crippen LogP) is 5.94. The van der Waals surface area contributed by atoms with Crippen LogP contribution < -0.4 is 4.74 Å². The molecule has 134 valence electrons. The number of hydrogen-bond donors (Lipinski definition) is 0. The fourth-order valence-corrected chi connectivity index (χ4v) is 3.56. The smallest absolute Gasteiger partial charge is 0.162 e. The van der Waals surface area contributed by atoms with Crippen molar-refractivity contribution in [2.24, 2.45) is 0 Å². The van der Waals surface area contributed by atoms with Crippen molar-refractivity contribution in [3.8, 4) is 5.75 Å². The van der Waals surface area contributed by atoms with Gasteiger partial charge in [-0.15, -0.1) is 0 Å². The van der Waals surface area contributed by atoms with Gasteiger partial charge >= 0.3 is 0 Å². The van der Waals surface area contributed by atoms with Crippen LogP contribution >= 0.6 is 15.9 Å². The second kappa shape index (κ2) is 9.54. The van der Waals surface area contributed by atoms with Crippen LogP contribution in [-0.2, 0) is 23.2 Å². The van der Waals surface area contributed by atoms with Crippen molar-refractivity contribution in [3.05, 3.63) is 89.0 Å². The summed E-state index contributed by atoms with van der Waals surface area (Å²) in [5.74, 6) is 1.06. The van der Waals surface area contributed by atoms with Crippen LogP contribution in [0, 0.1) is 0 Å². The van der Waals surface area contributed by atoms with E-state index in [1.807, 2.05) is 36.4 Å². The topological polar surface area (TPSA) is 26.3 Å². The van der Waals surface area contributed by atoms with Gasteiger partial charge < -0.3 is 4.74 Å². The molecule has 26 heavy (non-hydrogen) atoms. The van der Waals surface area contributed by atoms with Gasteiger partial charge in [-0.3, -0.25) is 4.79 Å². The Kier molecular flexibility index (Phi) is 6.84. The lowest BCUT2D eigenvalue weighted by Gasteiger charge is -2.12. The highest BCUT2D eigenvalue weighted by molar-refractivity contribution is 9.08. The van der Waals surface area contributed by atoms with Gasteiger partial charge in [-0.25, -0.2) is 0 Å². The first-order valence-corrected chi connectivity index (χ1v) is 10.1. The summed E-state index contributed by atoms with van der Waals surface area (Å²) in [5, 5.41) is 0.776. The van der Waals surface area contributed by atoms with Crippen molar-refractivity contribution >= 4 is 21.7 Å². The fourth-order valence-electron chi connectivity index (χ4n) is 3.01. The number of rotatable bonds is 8. The van der Waals surface area contributed by atoms with Crippen LogP contribution in [0.3, 0.4) is 0 Å². The van der Waals surface area contributed by atoms with E-state index >= 15 is 0 Å². The van der Waals surface area contributed by atoms with E-state index in [-0.39, 0.29) is 5.78 Å². The van der Waals surface area contributed by atoms with Gasteiger partial charge in [-0.1, -0.05) is 70.6 Å². The summed E-state index contributed by atoms with van der Waals surface area (Å²) in [6.45, 7) is 0.546. The summed E-state index contributed by atoms with van der Waals surface area (Å²) in [6.07, 6.45) is 9.34. The maximum atomic E-state index is 12.4. The van der Waals surface area contributed by atoms with Crippen LogP contribution in [0.5, 0.6) is 5.75 Å². The van der Waals surface area contributed by atoms with E-state index in [0.29, 0.717) is 13.0 Å². The molecule has 0 heterocycles. The molecule has 0 unspecified atom stereocenters. The first kappa shape index (κ1) is 18.7. The van der Waals surface area contributed by atoms with Crippen LogP contribution in [0.2, 0.25) is 0 Å². The lowest BCUT2D eigenvalue weighted by molar-refractivity contribution is -0.115. The van der Waals surface area contributed by atoms with E-state index in [2.05, 4.69) is 46.3 Å². The third-order valence-electron chi connectivity index (χ3n) is 4.51. The van der Waals surface area contributed by atoms with Crippen LogP contribution in [0.1, 0.15) is 36.0 Å². The minimum absolute atomic E-state index is 0.220. The molecule has 0 N–H and O–H groups in total. The van der Waals surface area contributed by atoms with Crippen molar-refractivity contribution < 1.29 is 9.53 Å². The monoisotopic (exact) mass is 410 g/mol. The molecule has 0 saturated heterocycles. The van der Waals surface area contributed by atoms with Gasteiger partial charge in [0.25, 0.3) is 0 Å².